The van der Waals surface area contributed by atoms with Crippen LogP contribution in [-0.4, -0.2) is 40.8 Å². The minimum absolute atomic E-state index is 0.136. The van der Waals surface area contributed by atoms with Gasteiger partial charge in [-0.25, -0.2) is 9.97 Å². The van der Waals surface area contributed by atoms with Crippen molar-refractivity contribution in [2.24, 2.45) is 0 Å². The summed E-state index contributed by atoms with van der Waals surface area (Å²) < 4.78 is 0. The van der Waals surface area contributed by atoms with Gasteiger partial charge < -0.3 is 15.3 Å². The molecule has 0 bridgehead atoms. The molecule has 0 aliphatic rings. The Morgan fingerprint density at radius 1 is 1.25 bits per heavy atom. The molecule has 5 nitrogen and oxygen atoms in total. The van der Waals surface area contributed by atoms with Gasteiger partial charge in [-0.2, -0.15) is 0 Å². The van der Waals surface area contributed by atoms with E-state index >= 15 is 0 Å². The molecule has 1 aromatic rings. The molecule has 20 heavy (non-hydrogen) atoms. The summed E-state index contributed by atoms with van der Waals surface area (Å²) in [6.07, 6.45) is 3.14. The predicted octanol–water partition coefficient (Wildman–Crippen LogP) is 2.59. The lowest BCUT2D eigenvalue weighted by Crippen LogP contribution is -2.37. The van der Waals surface area contributed by atoms with E-state index in [4.69, 9.17) is 0 Å². The summed E-state index contributed by atoms with van der Waals surface area (Å²) in [7, 11) is 0. The molecular formula is C15H28N4O. The molecule has 0 atom stereocenters. The lowest BCUT2D eigenvalue weighted by molar-refractivity contribution is 0.295. The molecular weight excluding hydrogens is 252 g/mol. The van der Waals surface area contributed by atoms with Crippen molar-refractivity contribution in [1.82, 2.24) is 9.97 Å². The number of rotatable bonds is 9. The van der Waals surface area contributed by atoms with Crippen molar-refractivity contribution in [2.45, 2.75) is 53.0 Å². The van der Waals surface area contributed by atoms with Crippen LogP contribution in [0.25, 0.3) is 0 Å². The Morgan fingerprint density at radius 3 is 2.50 bits per heavy atom. The summed E-state index contributed by atoms with van der Waals surface area (Å²) in [5.74, 6) is 2.53. The average Bonchev–Trinajstić information content (AvgIpc) is 2.44. The van der Waals surface area contributed by atoms with Crippen molar-refractivity contribution in [1.29, 1.82) is 0 Å². The first-order valence-electron chi connectivity index (χ1n) is 7.63. The molecule has 0 radical (unpaired) electrons. The van der Waals surface area contributed by atoms with Gasteiger partial charge in [-0.3, -0.25) is 0 Å². The van der Waals surface area contributed by atoms with E-state index in [1.165, 1.54) is 0 Å². The standard InChI is InChI=1S/C15H28N4O/c1-5-8-16-14-11-15(18-12(4)17-14)19(9-10-20)13(6-2)7-3/h11,13,20H,5-10H2,1-4H3,(H,16,17,18). The van der Waals surface area contributed by atoms with Crippen molar-refractivity contribution in [2.75, 3.05) is 29.9 Å². The summed E-state index contributed by atoms with van der Waals surface area (Å²) in [5, 5.41) is 12.6. The fraction of sp³-hybridized carbons (Fsp3) is 0.733. The Hall–Kier alpha value is -1.36. The largest absolute Gasteiger partial charge is 0.395 e. The zero-order valence-electron chi connectivity index (χ0n) is 13.2. The first-order valence-corrected chi connectivity index (χ1v) is 7.63. The van der Waals surface area contributed by atoms with Crippen LogP contribution in [0.15, 0.2) is 6.07 Å². The first kappa shape index (κ1) is 16.7. The van der Waals surface area contributed by atoms with Crippen LogP contribution in [0.1, 0.15) is 45.9 Å². The van der Waals surface area contributed by atoms with Gasteiger partial charge in [0.15, 0.2) is 0 Å². The molecule has 2 N–H and O–H groups in total. The van der Waals surface area contributed by atoms with Gasteiger partial charge in [0.2, 0.25) is 0 Å². The van der Waals surface area contributed by atoms with E-state index in [2.05, 4.69) is 41.0 Å². The Bertz CT molecular complexity index is 393. The fourth-order valence-electron chi connectivity index (χ4n) is 2.36. The number of aromatic nitrogens is 2. The molecule has 0 fully saturated rings. The summed E-state index contributed by atoms with van der Waals surface area (Å²) in [5.41, 5.74) is 0. The van der Waals surface area contributed by atoms with Crippen LogP contribution in [-0.2, 0) is 0 Å². The lowest BCUT2D eigenvalue weighted by Gasteiger charge is -2.31. The number of aryl methyl sites for hydroxylation is 1. The second-order valence-electron chi connectivity index (χ2n) is 4.97. The van der Waals surface area contributed by atoms with Gasteiger partial charge >= 0.3 is 0 Å². The van der Waals surface area contributed by atoms with Crippen LogP contribution >= 0.6 is 0 Å². The number of nitrogens with zero attached hydrogens (tertiary/aromatic N) is 3. The SMILES string of the molecule is CCCNc1cc(N(CCO)C(CC)CC)nc(C)n1. The number of hydrogen-bond acceptors (Lipinski definition) is 5. The smallest absolute Gasteiger partial charge is 0.134 e. The highest BCUT2D eigenvalue weighted by Gasteiger charge is 2.17. The highest BCUT2D eigenvalue weighted by Crippen LogP contribution is 2.21. The van der Waals surface area contributed by atoms with Crippen molar-refractivity contribution >= 4 is 11.6 Å². The maximum atomic E-state index is 9.32. The number of hydrogen-bond donors (Lipinski definition) is 2. The molecule has 0 unspecified atom stereocenters. The molecule has 0 saturated carbocycles. The molecule has 0 aliphatic carbocycles. The molecule has 0 amide bonds. The van der Waals surface area contributed by atoms with E-state index in [9.17, 15) is 5.11 Å². The van der Waals surface area contributed by atoms with Crippen LogP contribution in [0.5, 0.6) is 0 Å². The third-order valence-electron chi connectivity index (χ3n) is 3.40. The minimum atomic E-state index is 0.136. The second kappa shape index (κ2) is 8.74. The van der Waals surface area contributed by atoms with Crippen molar-refractivity contribution in [3.63, 3.8) is 0 Å². The summed E-state index contributed by atoms with van der Waals surface area (Å²) in [4.78, 5) is 11.1. The second-order valence-corrected chi connectivity index (χ2v) is 4.97. The van der Waals surface area contributed by atoms with E-state index in [1.807, 2.05) is 13.0 Å². The molecule has 1 rings (SSSR count). The molecule has 0 aliphatic heterocycles. The molecule has 0 aromatic carbocycles. The van der Waals surface area contributed by atoms with E-state index in [0.29, 0.717) is 12.6 Å². The van der Waals surface area contributed by atoms with E-state index in [1.54, 1.807) is 0 Å². The van der Waals surface area contributed by atoms with Crippen LogP contribution in [0.2, 0.25) is 0 Å². The average molecular weight is 280 g/mol. The quantitative estimate of drug-likeness (QED) is 0.728. The molecule has 0 spiro atoms. The lowest BCUT2D eigenvalue weighted by atomic mass is 10.1. The maximum absolute atomic E-state index is 9.32. The third kappa shape index (κ3) is 4.63. The highest BCUT2D eigenvalue weighted by molar-refractivity contribution is 5.50. The number of anilines is 2. The molecule has 114 valence electrons. The van der Waals surface area contributed by atoms with Gasteiger partial charge in [0.25, 0.3) is 0 Å². The van der Waals surface area contributed by atoms with Gasteiger partial charge in [0, 0.05) is 25.2 Å². The minimum Gasteiger partial charge on any atom is -0.395 e. The molecule has 5 heteroatoms. The maximum Gasteiger partial charge on any atom is 0.134 e. The van der Waals surface area contributed by atoms with Gasteiger partial charge in [0.05, 0.1) is 6.61 Å². The van der Waals surface area contributed by atoms with Crippen molar-refractivity contribution in [3.05, 3.63) is 11.9 Å². The topological polar surface area (TPSA) is 61.3 Å². The van der Waals surface area contributed by atoms with Gasteiger partial charge in [-0.1, -0.05) is 20.8 Å². The monoisotopic (exact) mass is 280 g/mol. The zero-order valence-corrected chi connectivity index (χ0v) is 13.2. The molecule has 1 heterocycles. The zero-order chi connectivity index (χ0) is 15.0. The van der Waals surface area contributed by atoms with Crippen LogP contribution in [0, 0.1) is 6.92 Å². The number of nitrogens with one attached hydrogen (secondary N) is 1. The summed E-state index contributed by atoms with van der Waals surface area (Å²) in [6.45, 7) is 10.0. The summed E-state index contributed by atoms with van der Waals surface area (Å²) >= 11 is 0. The third-order valence-corrected chi connectivity index (χ3v) is 3.40. The van der Waals surface area contributed by atoms with Gasteiger partial charge in [-0.15, -0.1) is 0 Å². The Balaban J connectivity index is 3.02. The summed E-state index contributed by atoms with van der Waals surface area (Å²) in [6, 6.07) is 2.38. The normalized spacial score (nSPS) is 10.9. The molecule has 1 aromatic heterocycles. The molecule has 0 saturated heterocycles. The number of aliphatic hydroxyl groups is 1. The van der Waals surface area contributed by atoms with Gasteiger partial charge in [0.1, 0.15) is 17.5 Å². The van der Waals surface area contributed by atoms with E-state index in [0.717, 1.165) is 43.3 Å². The van der Waals surface area contributed by atoms with E-state index < -0.39 is 0 Å². The van der Waals surface area contributed by atoms with Gasteiger partial charge in [-0.05, 0) is 26.2 Å². The Morgan fingerprint density at radius 2 is 1.95 bits per heavy atom. The van der Waals surface area contributed by atoms with Crippen LogP contribution < -0.4 is 10.2 Å². The van der Waals surface area contributed by atoms with Crippen LogP contribution in [0.3, 0.4) is 0 Å². The Labute approximate surface area is 122 Å². The Kier molecular flexibility index (Phi) is 7.30. The predicted molar refractivity (Wildman–Crippen MR) is 84.4 cm³/mol. The van der Waals surface area contributed by atoms with Crippen molar-refractivity contribution in [3.8, 4) is 0 Å². The van der Waals surface area contributed by atoms with Crippen LogP contribution in [0.4, 0.5) is 11.6 Å². The van der Waals surface area contributed by atoms with Crippen molar-refractivity contribution < 1.29 is 5.11 Å². The highest BCUT2D eigenvalue weighted by atomic mass is 16.3. The van der Waals surface area contributed by atoms with E-state index in [-0.39, 0.29) is 6.61 Å². The number of aliphatic hydroxyl groups excluding tert-OH is 1. The first-order chi connectivity index (χ1) is 9.65. The fourth-order valence-corrected chi connectivity index (χ4v) is 2.36.